The van der Waals surface area contributed by atoms with E-state index in [1.165, 1.54) is 19.3 Å². The Bertz CT molecular complexity index is 1550. The van der Waals surface area contributed by atoms with Crippen molar-refractivity contribution in [2.75, 3.05) is 27.8 Å². The molecule has 11 heteroatoms. The lowest BCUT2D eigenvalue weighted by Gasteiger charge is -2.36. The van der Waals surface area contributed by atoms with Crippen LogP contribution in [0.3, 0.4) is 0 Å². The van der Waals surface area contributed by atoms with E-state index in [2.05, 4.69) is 21.1 Å². The van der Waals surface area contributed by atoms with Crippen molar-refractivity contribution < 1.29 is 23.8 Å². The van der Waals surface area contributed by atoms with Gasteiger partial charge in [-0.05, 0) is 48.9 Å². The largest absolute Gasteiger partial charge is 0.465 e. The Morgan fingerprint density at radius 1 is 1.23 bits per heavy atom. The smallest absolute Gasteiger partial charge is 0.338 e. The van der Waals surface area contributed by atoms with Crippen LogP contribution in [0.25, 0.3) is 5.52 Å². The number of hydrogen-bond acceptors (Lipinski definition) is 9. The third kappa shape index (κ3) is 5.09. The first-order valence-electron chi connectivity index (χ1n) is 12.7. The van der Waals surface area contributed by atoms with Gasteiger partial charge >= 0.3 is 11.9 Å². The van der Waals surface area contributed by atoms with Crippen LogP contribution in [-0.2, 0) is 19.0 Å². The SMILES string of the molecule is COC(=O)C1=C[C@@](C#N)([C@@H]2CC(c3ccc4cnc(/N=C/N(C)C)nn34)CO2)[C@H](OC(=O)c2ccccc2)C=C1. The molecule has 0 amide bonds. The molecule has 0 spiro atoms. The molecule has 11 nitrogen and oxygen atoms in total. The highest BCUT2D eigenvalue weighted by Gasteiger charge is 2.52. The molecule has 3 aromatic rings. The van der Waals surface area contributed by atoms with Crippen molar-refractivity contribution >= 4 is 29.7 Å². The summed E-state index contributed by atoms with van der Waals surface area (Å²) in [6, 6.07) is 14.7. The Labute approximate surface area is 231 Å². The number of ether oxygens (including phenoxy) is 3. The number of carbonyl (C=O) groups excluding carboxylic acids is 2. The van der Waals surface area contributed by atoms with Gasteiger partial charge in [-0.2, -0.15) is 5.26 Å². The van der Waals surface area contributed by atoms with Gasteiger partial charge in [-0.25, -0.2) is 24.1 Å². The first-order valence-corrected chi connectivity index (χ1v) is 12.7. The summed E-state index contributed by atoms with van der Waals surface area (Å²) < 4.78 is 18.7. The maximum absolute atomic E-state index is 13.0. The third-order valence-corrected chi connectivity index (χ3v) is 6.94. The van der Waals surface area contributed by atoms with Crippen LogP contribution >= 0.6 is 0 Å². The van der Waals surface area contributed by atoms with Crippen molar-refractivity contribution in [1.29, 1.82) is 5.26 Å². The number of nitriles is 1. The van der Waals surface area contributed by atoms with E-state index >= 15 is 0 Å². The zero-order valence-corrected chi connectivity index (χ0v) is 22.3. The second-order valence-corrected chi connectivity index (χ2v) is 9.80. The van der Waals surface area contributed by atoms with E-state index in [9.17, 15) is 14.9 Å². The van der Waals surface area contributed by atoms with E-state index in [0.29, 0.717) is 24.5 Å². The van der Waals surface area contributed by atoms with Crippen LogP contribution in [0.2, 0.25) is 0 Å². The second-order valence-electron chi connectivity index (χ2n) is 9.80. The predicted molar refractivity (Wildman–Crippen MR) is 145 cm³/mol. The molecular formula is C29H28N6O5. The van der Waals surface area contributed by atoms with Gasteiger partial charge in [0.1, 0.15) is 11.5 Å². The van der Waals surface area contributed by atoms with Crippen LogP contribution in [0.4, 0.5) is 5.95 Å². The Kier molecular flexibility index (Phi) is 7.44. The Balaban J connectivity index is 1.46. The highest BCUT2D eigenvalue weighted by molar-refractivity contribution is 5.93. The summed E-state index contributed by atoms with van der Waals surface area (Å²) in [5.74, 6) is -1.01. The second kappa shape index (κ2) is 11.1. The molecule has 1 aliphatic heterocycles. The van der Waals surface area contributed by atoms with Gasteiger partial charge < -0.3 is 19.1 Å². The molecule has 1 unspecified atom stereocenters. The van der Waals surface area contributed by atoms with Gasteiger partial charge in [-0.15, -0.1) is 5.10 Å². The van der Waals surface area contributed by atoms with Crippen molar-refractivity contribution in [3.8, 4) is 6.07 Å². The lowest BCUT2D eigenvalue weighted by molar-refractivity contribution is -0.135. The molecule has 0 N–H and O–H groups in total. The lowest BCUT2D eigenvalue weighted by Crippen LogP contribution is -2.46. The fourth-order valence-electron chi connectivity index (χ4n) is 4.94. The summed E-state index contributed by atoms with van der Waals surface area (Å²) in [6.45, 7) is 0.297. The number of benzene rings is 1. The van der Waals surface area contributed by atoms with Crippen LogP contribution in [0.15, 0.2) is 77.5 Å². The highest BCUT2D eigenvalue weighted by Crippen LogP contribution is 2.45. The average molecular weight is 541 g/mol. The first kappa shape index (κ1) is 26.8. The molecule has 1 saturated heterocycles. The molecule has 1 aliphatic carbocycles. The molecule has 2 aromatic heterocycles. The number of methoxy groups -OCH3 is 1. The highest BCUT2D eigenvalue weighted by atomic mass is 16.5. The normalized spacial score (nSPS) is 24.1. The van der Waals surface area contributed by atoms with Crippen LogP contribution in [0, 0.1) is 16.7 Å². The number of nitrogens with zero attached hydrogens (tertiary/aromatic N) is 6. The summed E-state index contributed by atoms with van der Waals surface area (Å²) in [4.78, 5) is 35.8. The number of carbonyl (C=O) groups is 2. The molecule has 0 saturated carbocycles. The summed E-state index contributed by atoms with van der Waals surface area (Å²) in [5, 5.41) is 15.1. The molecule has 4 atom stereocenters. The Morgan fingerprint density at radius 3 is 2.75 bits per heavy atom. The van der Waals surface area contributed by atoms with Gasteiger partial charge in [0.25, 0.3) is 5.95 Å². The van der Waals surface area contributed by atoms with Crippen molar-refractivity contribution in [2.24, 2.45) is 10.4 Å². The fourth-order valence-corrected chi connectivity index (χ4v) is 4.94. The van der Waals surface area contributed by atoms with E-state index in [1.54, 1.807) is 58.4 Å². The topological polar surface area (TPSA) is 131 Å². The van der Waals surface area contributed by atoms with Crippen LogP contribution in [0.5, 0.6) is 0 Å². The minimum Gasteiger partial charge on any atom is -0.465 e. The third-order valence-electron chi connectivity index (χ3n) is 6.94. The number of hydrogen-bond donors (Lipinski definition) is 0. The van der Waals surface area contributed by atoms with Crippen LogP contribution in [-0.4, -0.2) is 77.8 Å². The standard InChI is InChI=1S/C29H28N6O5/c1-34(2)18-32-28-31-15-22-10-11-23(35(22)33-28)21-13-25(39-16-21)29(17-30)14-20(26(36)38-3)9-12-24(29)40-27(37)19-7-5-4-6-8-19/h4-12,14-15,18,21,24-25H,13,16H2,1-3H3/b32-18+/t21?,24-,25+,29+/m1/s1. The van der Waals surface area contributed by atoms with Crippen LogP contribution in [0.1, 0.15) is 28.4 Å². The minimum absolute atomic E-state index is 0.135. The molecule has 2 aliphatic rings. The monoisotopic (exact) mass is 540 g/mol. The summed E-state index contributed by atoms with van der Waals surface area (Å²) in [7, 11) is 4.98. The lowest BCUT2D eigenvalue weighted by atomic mass is 9.72. The summed E-state index contributed by atoms with van der Waals surface area (Å²) >= 11 is 0. The average Bonchev–Trinajstić information content (AvgIpc) is 3.64. The molecular weight excluding hydrogens is 512 g/mol. The maximum atomic E-state index is 13.0. The zero-order valence-electron chi connectivity index (χ0n) is 22.3. The molecule has 0 radical (unpaired) electrons. The molecule has 1 aromatic carbocycles. The number of aromatic nitrogens is 3. The predicted octanol–water partition coefficient (Wildman–Crippen LogP) is 3.23. The number of esters is 2. The van der Waals surface area contributed by atoms with E-state index in [-0.39, 0.29) is 11.5 Å². The molecule has 5 rings (SSSR count). The number of rotatable bonds is 7. The van der Waals surface area contributed by atoms with Gasteiger partial charge in [0, 0.05) is 25.7 Å². The molecule has 40 heavy (non-hydrogen) atoms. The van der Waals surface area contributed by atoms with Crippen molar-refractivity contribution in [3.05, 3.63) is 83.7 Å². The minimum atomic E-state index is -1.47. The molecule has 204 valence electrons. The van der Waals surface area contributed by atoms with E-state index < -0.39 is 29.6 Å². The van der Waals surface area contributed by atoms with E-state index in [4.69, 9.17) is 14.2 Å². The van der Waals surface area contributed by atoms with E-state index in [0.717, 1.165) is 11.2 Å². The van der Waals surface area contributed by atoms with Gasteiger partial charge in [-0.3, -0.25) is 0 Å². The van der Waals surface area contributed by atoms with Crippen molar-refractivity contribution in [1.82, 2.24) is 19.5 Å². The zero-order chi connectivity index (χ0) is 28.3. The van der Waals surface area contributed by atoms with Gasteiger partial charge in [0.05, 0.1) is 55.1 Å². The van der Waals surface area contributed by atoms with Crippen molar-refractivity contribution in [2.45, 2.75) is 24.5 Å². The quantitative estimate of drug-likeness (QED) is 0.252. The first-order chi connectivity index (χ1) is 19.3. The van der Waals surface area contributed by atoms with Crippen molar-refractivity contribution in [3.63, 3.8) is 0 Å². The summed E-state index contributed by atoms with van der Waals surface area (Å²) in [6.07, 6.45) is 6.58. The summed E-state index contributed by atoms with van der Waals surface area (Å²) in [5.41, 5.74) is 0.729. The number of fused-ring (bicyclic) bond motifs is 1. The van der Waals surface area contributed by atoms with Gasteiger partial charge in [-0.1, -0.05) is 18.2 Å². The Hall–Kier alpha value is -4.82. The number of aliphatic imine (C=N–C) groups is 1. The molecule has 3 heterocycles. The van der Waals surface area contributed by atoms with Gasteiger partial charge in [0.15, 0.2) is 0 Å². The van der Waals surface area contributed by atoms with Gasteiger partial charge in [0.2, 0.25) is 0 Å². The molecule has 0 bridgehead atoms. The Morgan fingerprint density at radius 2 is 2.02 bits per heavy atom. The maximum Gasteiger partial charge on any atom is 0.338 e. The van der Waals surface area contributed by atoms with Crippen LogP contribution < -0.4 is 0 Å². The van der Waals surface area contributed by atoms with E-state index in [1.807, 2.05) is 26.2 Å². The fraction of sp³-hybridized carbons (Fsp3) is 0.310. The molecule has 1 fully saturated rings.